The van der Waals surface area contributed by atoms with E-state index >= 15 is 0 Å². The lowest BCUT2D eigenvalue weighted by Crippen LogP contribution is -2.53. The Morgan fingerprint density at radius 3 is 2.41 bits per heavy atom. The molecule has 94 valence electrons. The fourth-order valence-electron chi connectivity index (χ4n) is 2.68. The standard InChI is InChI=1S/C15H24N2/c1-12-5-8-15(12,11-17-14(2,3)4)13-6-9-16-10-7-13/h6-7,9-10,12,17H,5,8,11H2,1-4H3. The monoisotopic (exact) mass is 232 g/mol. The molecule has 2 unspecified atom stereocenters. The lowest BCUT2D eigenvalue weighted by Gasteiger charge is -2.50. The first-order valence-corrected chi connectivity index (χ1v) is 6.60. The summed E-state index contributed by atoms with van der Waals surface area (Å²) in [7, 11) is 0. The van der Waals surface area contributed by atoms with Crippen LogP contribution in [0.2, 0.25) is 0 Å². The van der Waals surface area contributed by atoms with Crippen molar-refractivity contribution in [3.05, 3.63) is 30.1 Å². The average Bonchev–Trinajstić information content (AvgIpc) is 2.28. The van der Waals surface area contributed by atoms with Gasteiger partial charge in [-0.1, -0.05) is 6.92 Å². The molecule has 1 saturated carbocycles. The number of pyridine rings is 1. The zero-order valence-corrected chi connectivity index (χ0v) is 11.5. The van der Waals surface area contributed by atoms with Crippen LogP contribution in [0, 0.1) is 5.92 Å². The maximum atomic E-state index is 4.13. The molecule has 1 heterocycles. The van der Waals surface area contributed by atoms with E-state index in [1.807, 2.05) is 12.4 Å². The van der Waals surface area contributed by atoms with Crippen LogP contribution in [0.3, 0.4) is 0 Å². The van der Waals surface area contributed by atoms with Crippen LogP contribution in [0.15, 0.2) is 24.5 Å². The van der Waals surface area contributed by atoms with Crippen LogP contribution < -0.4 is 5.32 Å². The second kappa shape index (κ2) is 4.41. The van der Waals surface area contributed by atoms with Crippen LogP contribution in [0.1, 0.15) is 46.1 Å². The maximum Gasteiger partial charge on any atom is 0.0270 e. The van der Waals surface area contributed by atoms with Crippen molar-refractivity contribution < 1.29 is 0 Å². The van der Waals surface area contributed by atoms with E-state index in [9.17, 15) is 0 Å². The summed E-state index contributed by atoms with van der Waals surface area (Å²) in [6.07, 6.45) is 6.47. The van der Waals surface area contributed by atoms with Crippen LogP contribution in [-0.4, -0.2) is 17.1 Å². The molecule has 1 aromatic heterocycles. The Morgan fingerprint density at radius 1 is 1.35 bits per heavy atom. The van der Waals surface area contributed by atoms with Crippen LogP contribution >= 0.6 is 0 Å². The largest absolute Gasteiger partial charge is 0.311 e. The minimum absolute atomic E-state index is 0.190. The molecule has 1 N–H and O–H groups in total. The van der Waals surface area contributed by atoms with Gasteiger partial charge in [-0.15, -0.1) is 0 Å². The van der Waals surface area contributed by atoms with Gasteiger partial charge in [-0.2, -0.15) is 0 Å². The minimum atomic E-state index is 0.190. The summed E-state index contributed by atoms with van der Waals surface area (Å²) in [6.45, 7) is 10.1. The van der Waals surface area contributed by atoms with E-state index in [1.54, 1.807) is 0 Å². The molecule has 2 atom stereocenters. The second-order valence-electron chi connectivity index (χ2n) is 6.44. The summed E-state index contributed by atoms with van der Waals surface area (Å²) in [4.78, 5) is 4.13. The number of aromatic nitrogens is 1. The summed E-state index contributed by atoms with van der Waals surface area (Å²) < 4.78 is 0. The van der Waals surface area contributed by atoms with Crippen LogP contribution in [-0.2, 0) is 5.41 Å². The molecule has 0 aliphatic heterocycles. The lowest BCUT2D eigenvalue weighted by atomic mass is 9.57. The average molecular weight is 232 g/mol. The zero-order chi connectivity index (χ0) is 12.5. The van der Waals surface area contributed by atoms with Crippen molar-refractivity contribution in [2.45, 2.75) is 51.5 Å². The molecular weight excluding hydrogens is 208 g/mol. The summed E-state index contributed by atoms with van der Waals surface area (Å²) in [6, 6.07) is 4.36. The van der Waals surface area contributed by atoms with E-state index in [0.29, 0.717) is 5.41 Å². The second-order valence-corrected chi connectivity index (χ2v) is 6.44. The van der Waals surface area contributed by atoms with E-state index in [2.05, 4.69) is 50.1 Å². The molecule has 17 heavy (non-hydrogen) atoms. The Balaban J connectivity index is 2.17. The summed E-state index contributed by atoms with van der Waals surface area (Å²) in [5, 5.41) is 3.67. The smallest absolute Gasteiger partial charge is 0.0270 e. The van der Waals surface area contributed by atoms with Gasteiger partial charge in [-0.25, -0.2) is 0 Å². The van der Waals surface area contributed by atoms with E-state index < -0.39 is 0 Å². The molecule has 0 amide bonds. The third kappa shape index (κ3) is 2.52. The van der Waals surface area contributed by atoms with Crippen LogP contribution in [0.5, 0.6) is 0 Å². The molecule has 0 saturated heterocycles. The molecular formula is C15H24N2. The Labute approximate surface area is 105 Å². The molecule has 2 nitrogen and oxygen atoms in total. The summed E-state index contributed by atoms with van der Waals surface area (Å²) >= 11 is 0. The van der Waals surface area contributed by atoms with Gasteiger partial charge in [0.15, 0.2) is 0 Å². The predicted molar refractivity (Wildman–Crippen MR) is 72.1 cm³/mol. The van der Waals surface area contributed by atoms with Crippen molar-refractivity contribution >= 4 is 0 Å². The maximum absolute atomic E-state index is 4.13. The first-order chi connectivity index (χ1) is 7.94. The molecule has 1 aliphatic rings. The van der Waals surface area contributed by atoms with E-state index in [4.69, 9.17) is 0 Å². The van der Waals surface area contributed by atoms with Crippen molar-refractivity contribution in [3.63, 3.8) is 0 Å². The summed E-state index contributed by atoms with van der Waals surface area (Å²) in [5.74, 6) is 0.764. The number of nitrogens with one attached hydrogen (secondary N) is 1. The zero-order valence-electron chi connectivity index (χ0n) is 11.5. The van der Waals surface area contributed by atoms with Gasteiger partial charge in [0.05, 0.1) is 0 Å². The Kier molecular flexibility index (Phi) is 3.26. The molecule has 1 fully saturated rings. The highest BCUT2D eigenvalue weighted by molar-refractivity contribution is 5.28. The van der Waals surface area contributed by atoms with E-state index in [0.717, 1.165) is 12.5 Å². The number of rotatable bonds is 3. The van der Waals surface area contributed by atoms with Gasteiger partial charge in [0.2, 0.25) is 0 Å². The van der Waals surface area contributed by atoms with Crippen LogP contribution in [0.25, 0.3) is 0 Å². The van der Waals surface area contributed by atoms with Gasteiger partial charge < -0.3 is 5.32 Å². The minimum Gasteiger partial charge on any atom is -0.311 e. The van der Waals surface area contributed by atoms with Gasteiger partial charge in [0.1, 0.15) is 0 Å². The third-order valence-electron chi connectivity index (χ3n) is 4.16. The first-order valence-electron chi connectivity index (χ1n) is 6.60. The van der Waals surface area contributed by atoms with Crippen LogP contribution in [0.4, 0.5) is 0 Å². The first kappa shape index (κ1) is 12.6. The number of hydrogen-bond acceptors (Lipinski definition) is 2. The molecule has 0 spiro atoms. The molecule has 1 aliphatic carbocycles. The Morgan fingerprint density at radius 2 is 2.00 bits per heavy atom. The highest BCUT2D eigenvalue weighted by Crippen LogP contribution is 2.48. The summed E-state index contributed by atoms with van der Waals surface area (Å²) in [5.41, 5.74) is 1.97. The topological polar surface area (TPSA) is 24.9 Å². The molecule has 2 heteroatoms. The molecule has 0 aromatic carbocycles. The highest BCUT2D eigenvalue weighted by atomic mass is 15.0. The quantitative estimate of drug-likeness (QED) is 0.866. The van der Waals surface area contributed by atoms with Gasteiger partial charge in [-0.05, 0) is 57.2 Å². The SMILES string of the molecule is CC1CCC1(CNC(C)(C)C)c1ccncc1. The highest BCUT2D eigenvalue weighted by Gasteiger charge is 2.45. The molecule has 1 aromatic rings. The van der Waals surface area contributed by atoms with Gasteiger partial charge >= 0.3 is 0 Å². The Hall–Kier alpha value is -0.890. The predicted octanol–water partition coefficient (Wildman–Crippen LogP) is 3.14. The molecule has 2 rings (SSSR count). The third-order valence-corrected chi connectivity index (χ3v) is 4.16. The van der Waals surface area contributed by atoms with E-state index in [1.165, 1.54) is 18.4 Å². The van der Waals surface area contributed by atoms with Gasteiger partial charge in [-0.3, -0.25) is 4.98 Å². The lowest BCUT2D eigenvalue weighted by molar-refractivity contribution is 0.124. The van der Waals surface area contributed by atoms with Crippen molar-refractivity contribution in [3.8, 4) is 0 Å². The normalized spacial score (nSPS) is 28.8. The number of nitrogens with zero attached hydrogens (tertiary/aromatic N) is 1. The fraction of sp³-hybridized carbons (Fsp3) is 0.667. The van der Waals surface area contributed by atoms with Crippen molar-refractivity contribution in [1.82, 2.24) is 10.3 Å². The molecule has 0 bridgehead atoms. The van der Waals surface area contributed by atoms with Gasteiger partial charge in [0.25, 0.3) is 0 Å². The van der Waals surface area contributed by atoms with Crippen molar-refractivity contribution in [2.24, 2.45) is 5.92 Å². The van der Waals surface area contributed by atoms with Crippen molar-refractivity contribution in [2.75, 3.05) is 6.54 Å². The van der Waals surface area contributed by atoms with E-state index in [-0.39, 0.29) is 5.54 Å². The molecule has 0 radical (unpaired) electrons. The van der Waals surface area contributed by atoms with Crippen molar-refractivity contribution in [1.29, 1.82) is 0 Å². The van der Waals surface area contributed by atoms with Gasteiger partial charge in [0, 0.05) is 29.9 Å². The Bertz CT molecular complexity index is 366. The fourth-order valence-corrected chi connectivity index (χ4v) is 2.68. The number of hydrogen-bond donors (Lipinski definition) is 1.